The number of carbonyl (C=O) groups excluding carboxylic acids is 2. The molecule has 6 nitrogen and oxygen atoms in total. The normalized spacial score (nSPS) is 10.4. The Labute approximate surface area is 158 Å². The van der Waals surface area contributed by atoms with E-state index in [0.717, 1.165) is 0 Å². The van der Waals surface area contributed by atoms with Gasteiger partial charge in [-0.2, -0.15) is 8.78 Å². The lowest BCUT2D eigenvalue weighted by Crippen LogP contribution is -2.21. The van der Waals surface area contributed by atoms with Crippen LogP contribution in [-0.2, 0) is 9.53 Å². The molecule has 2 aromatic rings. The fraction of sp³-hybridized carbons (Fsp3) is 0.222. The third-order valence-corrected chi connectivity index (χ3v) is 4.05. The van der Waals surface area contributed by atoms with Crippen LogP contribution in [0.3, 0.4) is 0 Å². The number of alkyl halides is 2. The Morgan fingerprint density at radius 1 is 1.04 bits per heavy atom. The highest BCUT2D eigenvalue weighted by Crippen LogP contribution is 2.29. The van der Waals surface area contributed by atoms with Crippen molar-refractivity contribution in [3.8, 4) is 11.5 Å². The van der Waals surface area contributed by atoms with E-state index in [0.29, 0.717) is 22.3 Å². The van der Waals surface area contributed by atoms with Crippen LogP contribution in [0.4, 0.5) is 14.5 Å². The number of carbonyl (C=O) groups is 2. The summed E-state index contributed by atoms with van der Waals surface area (Å²) < 4.78 is 39.8. The molecule has 0 aliphatic rings. The summed E-state index contributed by atoms with van der Waals surface area (Å²) in [4.78, 5) is 24.6. The number of rotatable bonds is 8. The fourth-order valence-corrected chi connectivity index (χ4v) is 2.67. The third-order valence-electron chi connectivity index (χ3n) is 3.33. The van der Waals surface area contributed by atoms with Crippen molar-refractivity contribution in [1.82, 2.24) is 0 Å². The van der Waals surface area contributed by atoms with E-state index in [1.54, 1.807) is 18.2 Å². The summed E-state index contributed by atoms with van der Waals surface area (Å²) in [5.74, 6) is -3.36. The van der Waals surface area contributed by atoms with Crippen LogP contribution < -0.4 is 14.8 Å². The Kier molecular flexibility index (Phi) is 7.42. The van der Waals surface area contributed by atoms with Crippen LogP contribution in [0.2, 0.25) is 0 Å². The van der Waals surface area contributed by atoms with E-state index in [-0.39, 0.29) is 17.1 Å². The lowest BCUT2D eigenvalue weighted by molar-refractivity contribution is -0.119. The molecule has 144 valence electrons. The second kappa shape index (κ2) is 9.77. The lowest BCUT2D eigenvalue weighted by Gasteiger charge is -2.12. The molecule has 0 aromatic heterocycles. The first-order valence-corrected chi connectivity index (χ1v) is 8.55. The maximum atomic E-state index is 12.3. The highest BCUT2D eigenvalue weighted by molar-refractivity contribution is 7.99. The van der Waals surface area contributed by atoms with E-state index >= 15 is 0 Å². The minimum absolute atomic E-state index is 0.0728. The minimum atomic E-state index is -2.52. The van der Waals surface area contributed by atoms with Crippen molar-refractivity contribution in [3.05, 3.63) is 48.0 Å². The van der Waals surface area contributed by atoms with E-state index in [9.17, 15) is 18.4 Å². The molecule has 0 fully saturated rings. The molecule has 2 aromatic carbocycles. The summed E-state index contributed by atoms with van der Waals surface area (Å²) >= 11 is 0.406. The number of methoxy groups -OCH3 is 2. The summed E-state index contributed by atoms with van der Waals surface area (Å²) in [7, 11) is 2.79. The second-order valence-corrected chi connectivity index (χ2v) is 6.13. The van der Waals surface area contributed by atoms with E-state index in [2.05, 4.69) is 5.32 Å². The van der Waals surface area contributed by atoms with Crippen LogP contribution in [0.5, 0.6) is 11.5 Å². The highest BCUT2D eigenvalue weighted by atomic mass is 32.2. The topological polar surface area (TPSA) is 73.9 Å². The van der Waals surface area contributed by atoms with Gasteiger partial charge in [-0.25, -0.2) is 4.79 Å². The fourth-order valence-electron chi connectivity index (χ4n) is 2.17. The summed E-state index contributed by atoms with van der Waals surface area (Å²) in [6, 6.07) is 10.7. The third kappa shape index (κ3) is 5.85. The van der Waals surface area contributed by atoms with Crippen LogP contribution in [0.1, 0.15) is 10.4 Å². The van der Waals surface area contributed by atoms with Crippen molar-refractivity contribution in [2.75, 3.05) is 26.1 Å². The van der Waals surface area contributed by atoms with Crippen LogP contribution >= 0.6 is 11.8 Å². The van der Waals surface area contributed by atoms with Crippen molar-refractivity contribution >= 4 is 29.3 Å². The van der Waals surface area contributed by atoms with Gasteiger partial charge in [0.2, 0.25) is 0 Å². The maximum absolute atomic E-state index is 12.3. The summed E-state index contributed by atoms with van der Waals surface area (Å²) in [5, 5.41) is 2.51. The predicted molar refractivity (Wildman–Crippen MR) is 96.8 cm³/mol. The number of hydrogen-bond acceptors (Lipinski definition) is 6. The van der Waals surface area contributed by atoms with Gasteiger partial charge in [0.1, 0.15) is 17.1 Å². The summed E-state index contributed by atoms with van der Waals surface area (Å²) in [5.41, 5.74) is 0.466. The number of esters is 1. The Morgan fingerprint density at radius 3 is 2.15 bits per heavy atom. The van der Waals surface area contributed by atoms with Crippen molar-refractivity contribution < 1.29 is 32.6 Å². The SMILES string of the molecule is COc1cccc(OC)c1C(=O)OCC(=O)Nc1ccc(SC(F)F)cc1. The average Bonchev–Trinajstić information content (AvgIpc) is 2.66. The van der Waals surface area contributed by atoms with Gasteiger partial charge in [0.15, 0.2) is 6.61 Å². The predicted octanol–water partition coefficient (Wildman–Crippen LogP) is 3.81. The first-order valence-electron chi connectivity index (χ1n) is 7.67. The molecule has 27 heavy (non-hydrogen) atoms. The smallest absolute Gasteiger partial charge is 0.346 e. The maximum Gasteiger partial charge on any atom is 0.346 e. The number of amides is 1. The monoisotopic (exact) mass is 397 g/mol. The van der Waals surface area contributed by atoms with Crippen molar-refractivity contribution in [3.63, 3.8) is 0 Å². The molecule has 0 atom stereocenters. The Balaban J connectivity index is 1.95. The molecule has 1 N–H and O–H groups in total. The molecular weight excluding hydrogens is 380 g/mol. The van der Waals surface area contributed by atoms with E-state index in [1.165, 1.54) is 38.5 Å². The zero-order chi connectivity index (χ0) is 19.8. The molecule has 0 radical (unpaired) electrons. The van der Waals surface area contributed by atoms with Crippen molar-refractivity contribution in [1.29, 1.82) is 0 Å². The van der Waals surface area contributed by atoms with Gasteiger partial charge in [0.25, 0.3) is 11.7 Å². The molecule has 0 heterocycles. The molecule has 0 aliphatic heterocycles. The molecule has 0 unspecified atom stereocenters. The second-order valence-electron chi connectivity index (χ2n) is 5.06. The number of hydrogen-bond donors (Lipinski definition) is 1. The summed E-state index contributed by atoms with van der Waals surface area (Å²) in [6.07, 6.45) is 0. The minimum Gasteiger partial charge on any atom is -0.496 e. The molecule has 9 heteroatoms. The number of nitrogens with one attached hydrogen (secondary N) is 1. The standard InChI is InChI=1S/C18H17F2NO5S/c1-24-13-4-3-5-14(25-2)16(13)17(23)26-10-15(22)21-11-6-8-12(9-7-11)27-18(19)20/h3-9,18H,10H2,1-2H3,(H,21,22). The lowest BCUT2D eigenvalue weighted by atomic mass is 10.2. The van der Waals surface area contributed by atoms with E-state index in [4.69, 9.17) is 14.2 Å². The van der Waals surface area contributed by atoms with Gasteiger partial charge < -0.3 is 19.5 Å². The van der Waals surface area contributed by atoms with Crippen LogP contribution in [0.25, 0.3) is 0 Å². The van der Waals surface area contributed by atoms with Crippen molar-refractivity contribution in [2.45, 2.75) is 10.7 Å². The molecular formula is C18H17F2NO5S. The average molecular weight is 397 g/mol. The molecule has 0 saturated heterocycles. The van der Waals surface area contributed by atoms with Gasteiger partial charge in [-0.15, -0.1) is 0 Å². The number of ether oxygens (including phenoxy) is 3. The van der Waals surface area contributed by atoms with Gasteiger partial charge in [-0.1, -0.05) is 17.8 Å². The van der Waals surface area contributed by atoms with Gasteiger partial charge in [0, 0.05) is 10.6 Å². The first kappa shape index (κ1) is 20.5. The van der Waals surface area contributed by atoms with Gasteiger partial charge in [-0.05, 0) is 36.4 Å². The van der Waals surface area contributed by atoms with Crippen LogP contribution in [0, 0.1) is 0 Å². The van der Waals surface area contributed by atoms with Crippen molar-refractivity contribution in [2.24, 2.45) is 0 Å². The van der Waals surface area contributed by atoms with Gasteiger partial charge in [0.05, 0.1) is 14.2 Å². The first-order chi connectivity index (χ1) is 12.9. The van der Waals surface area contributed by atoms with E-state index < -0.39 is 24.2 Å². The van der Waals surface area contributed by atoms with E-state index in [1.807, 2.05) is 0 Å². The van der Waals surface area contributed by atoms with Gasteiger partial charge >= 0.3 is 5.97 Å². The number of halogens is 2. The number of thioether (sulfide) groups is 1. The Morgan fingerprint density at radius 2 is 1.63 bits per heavy atom. The molecule has 0 spiro atoms. The Hall–Kier alpha value is -2.81. The molecule has 2 rings (SSSR count). The number of benzene rings is 2. The Bertz CT molecular complexity index is 777. The molecule has 1 amide bonds. The quantitative estimate of drug-likeness (QED) is 0.539. The number of anilines is 1. The zero-order valence-electron chi connectivity index (χ0n) is 14.5. The van der Waals surface area contributed by atoms with Crippen LogP contribution in [0.15, 0.2) is 47.4 Å². The summed E-state index contributed by atoms with van der Waals surface area (Å²) in [6.45, 7) is -0.534. The molecule has 0 bridgehead atoms. The van der Waals surface area contributed by atoms with Gasteiger partial charge in [-0.3, -0.25) is 4.79 Å². The molecule has 0 aliphatic carbocycles. The highest BCUT2D eigenvalue weighted by Gasteiger charge is 2.20. The zero-order valence-corrected chi connectivity index (χ0v) is 15.3. The molecule has 0 saturated carbocycles. The van der Waals surface area contributed by atoms with Crippen LogP contribution in [-0.4, -0.2) is 38.5 Å². The largest absolute Gasteiger partial charge is 0.496 e.